The van der Waals surface area contributed by atoms with Crippen LogP contribution in [0.25, 0.3) is 11.3 Å². The van der Waals surface area contributed by atoms with E-state index in [0.717, 1.165) is 36.4 Å². The van der Waals surface area contributed by atoms with Crippen LogP contribution >= 0.6 is 11.3 Å². The van der Waals surface area contributed by atoms with Crippen LogP contribution in [0.1, 0.15) is 12.8 Å². The topological polar surface area (TPSA) is 63.2 Å². The number of para-hydroxylation sites is 1. The third-order valence-electron chi connectivity index (χ3n) is 3.49. The largest absolute Gasteiger partial charge is 0.496 e. The van der Waals surface area contributed by atoms with Crippen LogP contribution in [-0.2, 0) is 4.79 Å². The molecule has 2 aromatic rings. The monoisotopic (exact) mass is 303 g/mol. The van der Waals surface area contributed by atoms with Gasteiger partial charge in [0.2, 0.25) is 5.91 Å². The molecule has 2 heterocycles. The minimum atomic E-state index is -0.0939. The van der Waals surface area contributed by atoms with Crippen molar-refractivity contribution in [2.24, 2.45) is 0 Å². The van der Waals surface area contributed by atoms with E-state index >= 15 is 0 Å². The minimum absolute atomic E-state index is 0.00609. The van der Waals surface area contributed by atoms with Crippen molar-refractivity contribution in [1.82, 2.24) is 10.3 Å². The Bertz CT molecular complexity index is 635. The highest BCUT2D eigenvalue weighted by Crippen LogP contribution is 2.31. The molecule has 1 amide bonds. The molecule has 1 aliphatic heterocycles. The molecule has 1 saturated heterocycles. The average Bonchev–Trinajstić information content (AvgIpc) is 3.18. The molecule has 0 bridgehead atoms. The zero-order valence-corrected chi connectivity index (χ0v) is 12.6. The van der Waals surface area contributed by atoms with E-state index in [9.17, 15) is 4.79 Å². The molecule has 1 aliphatic rings. The fraction of sp³-hybridized carbons (Fsp3) is 0.333. The van der Waals surface area contributed by atoms with Gasteiger partial charge in [0.05, 0.1) is 18.8 Å². The van der Waals surface area contributed by atoms with Crippen LogP contribution < -0.4 is 15.4 Å². The quantitative estimate of drug-likeness (QED) is 0.911. The molecule has 2 N–H and O–H groups in total. The predicted octanol–water partition coefficient (Wildman–Crippen LogP) is 2.51. The number of benzene rings is 1. The molecule has 110 valence electrons. The van der Waals surface area contributed by atoms with Gasteiger partial charge in [-0.2, -0.15) is 0 Å². The summed E-state index contributed by atoms with van der Waals surface area (Å²) in [6.45, 7) is 0.905. The highest BCUT2D eigenvalue weighted by molar-refractivity contribution is 7.14. The molecule has 1 fully saturated rings. The summed E-state index contributed by atoms with van der Waals surface area (Å²) in [5, 5.41) is 8.60. The molecule has 0 aliphatic carbocycles. The summed E-state index contributed by atoms with van der Waals surface area (Å²) in [7, 11) is 1.64. The molecule has 6 heteroatoms. The van der Waals surface area contributed by atoms with Gasteiger partial charge < -0.3 is 15.4 Å². The zero-order valence-electron chi connectivity index (χ0n) is 11.8. The molecular formula is C15H17N3O2S. The molecule has 1 aromatic heterocycles. The van der Waals surface area contributed by atoms with E-state index in [1.165, 1.54) is 11.3 Å². The highest BCUT2D eigenvalue weighted by atomic mass is 32.1. The maximum atomic E-state index is 12.1. The number of ether oxygens (including phenoxy) is 1. The van der Waals surface area contributed by atoms with Crippen molar-refractivity contribution in [1.29, 1.82) is 0 Å². The Morgan fingerprint density at radius 2 is 2.33 bits per heavy atom. The second kappa shape index (κ2) is 6.24. The number of thiazole rings is 1. The van der Waals surface area contributed by atoms with Crippen LogP contribution in [0.4, 0.5) is 5.13 Å². The van der Waals surface area contributed by atoms with Crippen LogP contribution in [-0.4, -0.2) is 30.6 Å². The molecule has 0 radical (unpaired) electrons. The Morgan fingerprint density at radius 1 is 1.48 bits per heavy atom. The first-order valence-corrected chi connectivity index (χ1v) is 7.79. The fourth-order valence-corrected chi connectivity index (χ4v) is 3.13. The highest BCUT2D eigenvalue weighted by Gasteiger charge is 2.22. The molecule has 1 atom stereocenters. The Kier molecular flexibility index (Phi) is 4.17. The number of methoxy groups -OCH3 is 1. The normalized spacial score (nSPS) is 17.7. The van der Waals surface area contributed by atoms with Crippen molar-refractivity contribution >= 4 is 22.4 Å². The zero-order chi connectivity index (χ0) is 14.7. The summed E-state index contributed by atoms with van der Waals surface area (Å²) >= 11 is 1.42. The summed E-state index contributed by atoms with van der Waals surface area (Å²) in [6.07, 6.45) is 1.93. The van der Waals surface area contributed by atoms with E-state index in [1.54, 1.807) is 7.11 Å². The van der Waals surface area contributed by atoms with E-state index < -0.39 is 0 Å². The number of aromatic nitrogens is 1. The lowest BCUT2D eigenvalue weighted by Gasteiger charge is -2.08. The maximum absolute atomic E-state index is 12.1. The van der Waals surface area contributed by atoms with Crippen LogP contribution in [0.3, 0.4) is 0 Å². The Labute approximate surface area is 127 Å². The van der Waals surface area contributed by atoms with Gasteiger partial charge >= 0.3 is 0 Å². The number of carbonyl (C=O) groups excluding carboxylic acids is 1. The SMILES string of the molecule is COc1ccccc1-c1csc(NC(=O)C2CCCN2)n1. The second-order valence-electron chi connectivity index (χ2n) is 4.88. The molecule has 1 aromatic carbocycles. The first-order chi connectivity index (χ1) is 10.3. The van der Waals surface area contributed by atoms with Crippen molar-refractivity contribution in [3.63, 3.8) is 0 Å². The number of rotatable bonds is 4. The number of amides is 1. The van der Waals surface area contributed by atoms with Crippen molar-refractivity contribution in [3.8, 4) is 17.0 Å². The molecule has 5 nitrogen and oxygen atoms in total. The third-order valence-corrected chi connectivity index (χ3v) is 4.25. The van der Waals surface area contributed by atoms with Gasteiger partial charge in [-0.3, -0.25) is 4.79 Å². The maximum Gasteiger partial charge on any atom is 0.243 e. The molecule has 1 unspecified atom stereocenters. The summed E-state index contributed by atoms with van der Waals surface area (Å²) in [6, 6.07) is 7.62. The number of nitrogens with one attached hydrogen (secondary N) is 2. The number of nitrogens with zero attached hydrogens (tertiary/aromatic N) is 1. The van der Waals surface area contributed by atoms with Gasteiger partial charge in [0.15, 0.2) is 5.13 Å². The van der Waals surface area contributed by atoms with E-state index in [-0.39, 0.29) is 11.9 Å². The first-order valence-electron chi connectivity index (χ1n) is 6.91. The molecule has 21 heavy (non-hydrogen) atoms. The lowest BCUT2D eigenvalue weighted by Crippen LogP contribution is -2.35. The molecular weight excluding hydrogens is 286 g/mol. The summed E-state index contributed by atoms with van der Waals surface area (Å²) in [5.74, 6) is 0.770. The molecule has 0 saturated carbocycles. The summed E-state index contributed by atoms with van der Waals surface area (Å²) in [5.41, 5.74) is 1.74. The number of hydrogen-bond donors (Lipinski definition) is 2. The van der Waals surface area contributed by atoms with Crippen LogP contribution in [0.15, 0.2) is 29.6 Å². The number of hydrogen-bond acceptors (Lipinski definition) is 5. The lowest BCUT2D eigenvalue weighted by molar-refractivity contribution is -0.117. The van der Waals surface area contributed by atoms with E-state index in [4.69, 9.17) is 4.74 Å². The first kappa shape index (κ1) is 14.0. The van der Waals surface area contributed by atoms with E-state index in [2.05, 4.69) is 15.6 Å². The van der Waals surface area contributed by atoms with Crippen LogP contribution in [0.5, 0.6) is 5.75 Å². The third kappa shape index (κ3) is 3.06. The van der Waals surface area contributed by atoms with E-state index in [0.29, 0.717) is 5.13 Å². The summed E-state index contributed by atoms with van der Waals surface area (Å²) < 4.78 is 5.34. The predicted molar refractivity (Wildman–Crippen MR) is 83.8 cm³/mol. The van der Waals surface area contributed by atoms with Crippen molar-refractivity contribution in [3.05, 3.63) is 29.6 Å². The average molecular weight is 303 g/mol. The van der Waals surface area contributed by atoms with Gasteiger partial charge in [-0.15, -0.1) is 11.3 Å². The second-order valence-corrected chi connectivity index (χ2v) is 5.73. The van der Waals surface area contributed by atoms with Gasteiger partial charge in [-0.1, -0.05) is 12.1 Å². The van der Waals surface area contributed by atoms with Crippen LogP contribution in [0, 0.1) is 0 Å². The summed E-state index contributed by atoms with van der Waals surface area (Å²) in [4.78, 5) is 16.5. The fourth-order valence-electron chi connectivity index (χ4n) is 2.41. The molecule has 0 spiro atoms. The van der Waals surface area contributed by atoms with Crippen molar-refractivity contribution < 1.29 is 9.53 Å². The Hall–Kier alpha value is -1.92. The smallest absolute Gasteiger partial charge is 0.243 e. The van der Waals surface area contributed by atoms with Gasteiger partial charge in [-0.05, 0) is 31.5 Å². The van der Waals surface area contributed by atoms with Crippen molar-refractivity contribution in [2.45, 2.75) is 18.9 Å². The number of carbonyl (C=O) groups is 1. The van der Waals surface area contributed by atoms with Gasteiger partial charge in [0, 0.05) is 10.9 Å². The molecule has 3 rings (SSSR count). The Morgan fingerprint density at radius 3 is 3.10 bits per heavy atom. The van der Waals surface area contributed by atoms with E-state index in [1.807, 2.05) is 29.6 Å². The van der Waals surface area contributed by atoms with Gasteiger partial charge in [-0.25, -0.2) is 4.98 Å². The number of anilines is 1. The van der Waals surface area contributed by atoms with Crippen LogP contribution in [0.2, 0.25) is 0 Å². The Balaban J connectivity index is 1.75. The minimum Gasteiger partial charge on any atom is -0.496 e. The van der Waals surface area contributed by atoms with Crippen molar-refractivity contribution in [2.75, 3.05) is 19.0 Å². The standard InChI is InChI=1S/C15H17N3O2S/c1-20-13-7-3-2-5-10(13)12-9-21-15(17-12)18-14(19)11-6-4-8-16-11/h2-3,5,7,9,11,16H,4,6,8H2,1H3,(H,17,18,19). The van der Waals surface area contributed by atoms with Gasteiger partial charge in [0.1, 0.15) is 5.75 Å². The lowest BCUT2D eigenvalue weighted by atomic mass is 10.1. The van der Waals surface area contributed by atoms with Gasteiger partial charge in [0.25, 0.3) is 0 Å².